The normalized spacial score (nSPS) is 25.8. The third kappa shape index (κ3) is 3.00. The lowest BCUT2D eigenvalue weighted by Gasteiger charge is -2.30. The van der Waals surface area contributed by atoms with Crippen LogP contribution in [-0.2, 0) is 10.2 Å². The summed E-state index contributed by atoms with van der Waals surface area (Å²) >= 11 is 0. The van der Waals surface area contributed by atoms with Crippen LogP contribution in [0.4, 0.5) is 8.78 Å². The molecule has 1 aromatic carbocycles. The molecule has 5 rings (SSSR count). The van der Waals surface area contributed by atoms with Crippen molar-refractivity contribution >= 4 is 10.2 Å². The van der Waals surface area contributed by atoms with E-state index in [-0.39, 0.29) is 25.9 Å². The maximum Gasteiger partial charge on any atom is 0.276 e. The zero-order valence-electron chi connectivity index (χ0n) is 15.9. The summed E-state index contributed by atoms with van der Waals surface area (Å²) in [5, 5.41) is 5.16. The average Bonchev–Trinajstić information content (AvgIpc) is 3.59. The van der Waals surface area contributed by atoms with Crippen LogP contribution in [0.5, 0.6) is 0 Å². The molecule has 2 saturated carbocycles. The summed E-state index contributed by atoms with van der Waals surface area (Å²) in [6.45, 7) is 0.0459. The van der Waals surface area contributed by atoms with Crippen molar-refractivity contribution < 1.29 is 17.2 Å². The fourth-order valence-electron chi connectivity index (χ4n) is 4.98. The number of hydrogen-bond acceptors (Lipinski definition) is 3. The number of rotatable bonds is 4. The molecule has 0 radical (unpaired) electrons. The molecule has 1 atom stereocenters. The van der Waals surface area contributed by atoms with Crippen LogP contribution in [0.3, 0.4) is 0 Å². The summed E-state index contributed by atoms with van der Waals surface area (Å²) in [7, 11) is -3.84. The Labute approximate surface area is 169 Å². The Morgan fingerprint density at radius 2 is 1.72 bits per heavy atom. The summed E-state index contributed by atoms with van der Waals surface area (Å²) in [6.07, 6.45) is 2.49. The van der Waals surface area contributed by atoms with Crippen molar-refractivity contribution in [3.63, 3.8) is 0 Å². The van der Waals surface area contributed by atoms with Gasteiger partial charge in [-0.05, 0) is 49.3 Å². The number of nitrogens with zero attached hydrogens (tertiary/aromatic N) is 2. The molecule has 154 valence electrons. The van der Waals surface area contributed by atoms with Gasteiger partial charge >= 0.3 is 0 Å². The molecule has 3 aliphatic rings. The Bertz CT molecular complexity index is 1060. The van der Waals surface area contributed by atoms with E-state index in [2.05, 4.69) is 11.1 Å². The summed E-state index contributed by atoms with van der Waals surface area (Å²) in [5.74, 6) is -3.34. The fourth-order valence-corrected chi connectivity index (χ4v) is 5.67. The Morgan fingerprint density at radius 3 is 2.38 bits per heavy atom. The van der Waals surface area contributed by atoms with E-state index in [4.69, 9.17) is 5.14 Å². The smallest absolute Gasteiger partial charge is 0.252 e. The molecule has 1 aliphatic heterocycles. The maximum absolute atomic E-state index is 15.0. The van der Waals surface area contributed by atoms with Gasteiger partial charge in [-0.1, -0.05) is 30.3 Å². The highest BCUT2D eigenvalue weighted by Gasteiger charge is 2.81. The first-order valence-corrected chi connectivity index (χ1v) is 11.5. The summed E-state index contributed by atoms with van der Waals surface area (Å²) in [5.41, 5.74) is 2.14. The molecule has 2 heterocycles. The third-order valence-electron chi connectivity index (χ3n) is 6.79. The molecular formula is C21H23F2N3O2S. The number of aromatic nitrogens is 1. The topological polar surface area (TPSA) is 76.3 Å². The van der Waals surface area contributed by atoms with Crippen molar-refractivity contribution in [2.75, 3.05) is 13.1 Å². The first-order valence-electron chi connectivity index (χ1n) is 9.96. The van der Waals surface area contributed by atoms with Crippen LogP contribution in [0, 0.1) is 5.41 Å². The van der Waals surface area contributed by atoms with E-state index in [1.54, 1.807) is 12.1 Å². The second-order valence-corrected chi connectivity index (χ2v) is 10.0. The van der Waals surface area contributed by atoms with Crippen molar-refractivity contribution in [3.8, 4) is 11.3 Å². The van der Waals surface area contributed by atoms with Gasteiger partial charge in [0.1, 0.15) is 0 Å². The van der Waals surface area contributed by atoms with Crippen molar-refractivity contribution in [1.29, 1.82) is 0 Å². The number of pyridine rings is 1. The molecule has 0 bridgehead atoms. The predicted octanol–water partition coefficient (Wildman–Crippen LogP) is 3.64. The third-order valence-corrected chi connectivity index (χ3v) is 7.88. The van der Waals surface area contributed by atoms with Crippen LogP contribution in [0.2, 0.25) is 0 Å². The summed E-state index contributed by atoms with van der Waals surface area (Å²) < 4.78 is 54.1. The van der Waals surface area contributed by atoms with Crippen LogP contribution in [-0.4, -0.2) is 36.7 Å². The molecule has 2 N–H and O–H groups in total. The van der Waals surface area contributed by atoms with E-state index < -0.39 is 27.5 Å². The fraction of sp³-hybridized carbons (Fsp3) is 0.476. The van der Waals surface area contributed by atoms with E-state index in [9.17, 15) is 17.2 Å². The van der Waals surface area contributed by atoms with Gasteiger partial charge in [-0.15, -0.1) is 0 Å². The highest BCUT2D eigenvalue weighted by atomic mass is 32.2. The van der Waals surface area contributed by atoms with Crippen LogP contribution in [0.1, 0.15) is 48.8 Å². The number of halogens is 2. The van der Waals surface area contributed by atoms with Crippen molar-refractivity contribution in [2.24, 2.45) is 10.6 Å². The van der Waals surface area contributed by atoms with Crippen molar-refractivity contribution in [3.05, 3.63) is 53.7 Å². The van der Waals surface area contributed by atoms with Crippen LogP contribution in [0.25, 0.3) is 11.3 Å². The van der Waals surface area contributed by atoms with Gasteiger partial charge < -0.3 is 0 Å². The monoisotopic (exact) mass is 419 g/mol. The zero-order valence-corrected chi connectivity index (χ0v) is 16.7. The second kappa shape index (κ2) is 6.30. The number of hydrogen-bond donors (Lipinski definition) is 1. The van der Waals surface area contributed by atoms with Gasteiger partial charge in [-0.25, -0.2) is 13.9 Å². The molecule has 1 aromatic heterocycles. The molecule has 2 aliphatic carbocycles. The zero-order chi connectivity index (χ0) is 20.4. The van der Waals surface area contributed by atoms with E-state index >= 15 is 0 Å². The van der Waals surface area contributed by atoms with Crippen LogP contribution < -0.4 is 5.14 Å². The van der Waals surface area contributed by atoms with Gasteiger partial charge in [0, 0.05) is 18.7 Å². The highest BCUT2D eigenvalue weighted by Crippen LogP contribution is 2.75. The Morgan fingerprint density at radius 1 is 1.03 bits per heavy atom. The van der Waals surface area contributed by atoms with E-state index in [1.165, 1.54) is 5.56 Å². The number of nitrogens with two attached hydrogens (primary N) is 1. The highest BCUT2D eigenvalue weighted by molar-refractivity contribution is 7.86. The summed E-state index contributed by atoms with van der Waals surface area (Å²) in [6, 6.07) is 13.4. The molecule has 29 heavy (non-hydrogen) atoms. The van der Waals surface area contributed by atoms with Crippen LogP contribution in [0.15, 0.2) is 42.5 Å². The van der Waals surface area contributed by atoms with E-state index in [0.717, 1.165) is 28.4 Å². The molecule has 1 unspecified atom stereocenters. The lowest BCUT2D eigenvalue weighted by molar-refractivity contribution is 0.0412. The minimum atomic E-state index is -3.84. The lowest BCUT2D eigenvalue weighted by atomic mass is 9.90. The average molecular weight is 419 g/mol. The van der Waals surface area contributed by atoms with Gasteiger partial charge in [0.25, 0.3) is 16.1 Å². The number of alkyl halides is 2. The lowest BCUT2D eigenvalue weighted by Crippen LogP contribution is -2.43. The molecule has 1 spiro atoms. The molecule has 2 aromatic rings. The Balaban J connectivity index is 1.45. The molecule has 8 heteroatoms. The van der Waals surface area contributed by atoms with Gasteiger partial charge in [-0.2, -0.15) is 12.7 Å². The predicted molar refractivity (Wildman–Crippen MR) is 106 cm³/mol. The standard InChI is InChI=1S/C21H23F2N3O2S/c22-21(23)19(20(21)10-12-26(13-11-20)29(24,27)28)18-7-3-6-17(25-18)16-5-2-1-4-15(16)14-8-9-14/h1-7,14,19H,8-13H2,(H2,24,27,28). The van der Waals surface area contributed by atoms with Crippen LogP contribution >= 0.6 is 0 Å². The molecule has 0 amide bonds. The second-order valence-electron chi connectivity index (χ2n) is 8.47. The molecular weight excluding hydrogens is 396 g/mol. The summed E-state index contributed by atoms with van der Waals surface area (Å²) in [4.78, 5) is 4.65. The SMILES string of the molecule is NS(=O)(=O)N1CCC2(CC1)C(c1cccc(-c3ccccc3C3CC3)n1)C2(F)F. The number of piperidine rings is 1. The first-order chi connectivity index (χ1) is 13.7. The largest absolute Gasteiger partial charge is 0.276 e. The van der Waals surface area contributed by atoms with Crippen molar-refractivity contribution in [1.82, 2.24) is 9.29 Å². The van der Waals surface area contributed by atoms with E-state index in [1.807, 2.05) is 24.3 Å². The molecule has 1 saturated heterocycles. The Kier molecular flexibility index (Phi) is 4.14. The molecule has 3 fully saturated rings. The minimum absolute atomic E-state index is 0.0229. The van der Waals surface area contributed by atoms with Gasteiger partial charge in [0.15, 0.2) is 0 Å². The Hall–Kier alpha value is -1.90. The van der Waals surface area contributed by atoms with Crippen molar-refractivity contribution in [2.45, 2.75) is 43.4 Å². The maximum atomic E-state index is 15.0. The van der Waals surface area contributed by atoms with Gasteiger partial charge in [0.05, 0.1) is 22.7 Å². The first kappa shape index (κ1) is 19.1. The molecule has 5 nitrogen and oxygen atoms in total. The number of benzene rings is 1. The van der Waals surface area contributed by atoms with Gasteiger partial charge in [0.2, 0.25) is 0 Å². The van der Waals surface area contributed by atoms with Gasteiger partial charge in [-0.3, -0.25) is 4.98 Å². The minimum Gasteiger partial charge on any atom is -0.252 e. The quantitative estimate of drug-likeness (QED) is 0.822. The van der Waals surface area contributed by atoms with E-state index in [0.29, 0.717) is 11.6 Å².